The molecule has 2 fully saturated rings. The van der Waals surface area contributed by atoms with Crippen molar-refractivity contribution in [3.63, 3.8) is 0 Å². The molecule has 0 unspecified atom stereocenters. The van der Waals surface area contributed by atoms with Crippen molar-refractivity contribution < 1.29 is 24.2 Å². The van der Waals surface area contributed by atoms with Gasteiger partial charge < -0.3 is 14.7 Å². The van der Waals surface area contributed by atoms with Crippen molar-refractivity contribution in [1.29, 1.82) is 0 Å². The number of piperazine rings is 1. The van der Waals surface area contributed by atoms with Crippen LogP contribution in [0.1, 0.15) is 13.3 Å². The van der Waals surface area contributed by atoms with Gasteiger partial charge in [0.2, 0.25) is 5.91 Å². The van der Waals surface area contributed by atoms with Crippen LogP contribution in [0.15, 0.2) is 24.3 Å². The Morgan fingerprint density at radius 2 is 1.80 bits per heavy atom. The molecule has 2 heterocycles. The fourth-order valence-electron chi connectivity index (χ4n) is 3.21. The van der Waals surface area contributed by atoms with Gasteiger partial charge in [0.1, 0.15) is 5.75 Å². The summed E-state index contributed by atoms with van der Waals surface area (Å²) in [6, 6.07) is 5.48. The van der Waals surface area contributed by atoms with Gasteiger partial charge in [0.25, 0.3) is 5.91 Å². The Morgan fingerprint density at radius 1 is 1.16 bits per heavy atom. The predicted octanol–water partition coefficient (Wildman–Crippen LogP) is 0.798. The molecule has 0 aromatic heterocycles. The molecular weight excluding hydrogens is 326 g/mol. The first-order valence-electron chi connectivity index (χ1n) is 8.33. The normalized spacial score (nSPS) is 21.7. The second-order valence-corrected chi connectivity index (χ2v) is 6.03. The van der Waals surface area contributed by atoms with E-state index in [1.54, 1.807) is 24.0 Å². The third-order valence-corrected chi connectivity index (χ3v) is 4.51. The molecule has 1 atom stereocenters. The second-order valence-electron chi connectivity index (χ2n) is 6.03. The maximum absolute atomic E-state index is 12.7. The topological polar surface area (TPSA) is 90.4 Å². The number of phenolic OH excluding ortho intramolecular Hbond substituents is 1. The number of aromatic hydroxyl groups is 1. The molecule has 8 nitrogen and oxygen atoms in total. The van der Waals surface area contributed by atoms with Crippen molar-refractivity contribution in [1.82, 2.24) is 9.80 Å². The van der Waals surface area contributed by atoms with Crippen LogP contribution in [0.3, 0.4) is 0 Å². The minimum Gasteiger partial charge on any atom is -0.508 e. The Balaban J connectivity index is 1.65. The number of phenols is 1. The summed E-state index contributed by atoms with van der Waals surface area (Å²) in [7, 11) is 0. The molecular formula is C17H21N3O5. The van der Waals surface area contributed by atoms with Crippen molar-refractivity contribution in [3.8, 4) is 5.75 Å². The average Bonchev–Trinajstić information content (AvgIpc) is 2.91. The van der Waals surface area contributed by atoms with E-state index < -0.39 is 6.04 Å². The maximum Gasteiger partial charge on any atom is 0.409 e. The van der Waals surface area contributed by atoms with Crippen LogP contribution in [0.25, 0.3) is 0 Å². The van der Waals surface area contributed by atoms with E-state index in [1.165, 1.54) is 17.0 Å². The highest BCUT2D eigenvalue weighted by Gasteiger charge is 2.43. The van der Waals surface area contributed by atoms with E-state index in [-0.39, 0.29) is 30.1 Å². The van der Waals surface area contributed by atoms with Gasteiger partial charge >= 0.3 is 6.09 Å². The van der Waals surface area contributed by atoms with Gasteiger partial charge in [-0.05, 0) is 31.2 Å². The third kappa shape index (κ3) is 3.43. The summed E-state index contributed by atoms with van der Waals surface area (Å²) < 4.78 is 4.98. The quantitative estimate of drug-likeness (QED) is 0.814. The van der Waals surface area contributed by atoms with Gasteiger partial charge in [-0.1, -0.05) is 0 Å². The monoisotopic (exact) mass is 347 g/mol. The second kappa shape index (κ2) is 7.10. The first-order chi connectivity index (χ1) is 12.0. The molecule has 0 spiro atoms. The van der Waals surface area contributed by atoms with Crippen molar-refractivity contribution in [2.45, 2.75) is 19.4 Å². The lowest BCUT2D eigenvalue weighted by molar-refractivity contribution is -0.123. The van der Waals surface area contributed by atoms with Crippen LogP contribution < -0.4 is 4.90 Å². The number of ether oxygens (including phenoxy) is 1. The van der Waals surface area contributed by atoms with Crippen LogP contribution in [0.4, 0.5) is 10.5 Å². The van der Waals surface area contributed by atoms with Crippen LogP contribution >= 0.6 is 0 Å². The van der Waals surface area contributed by atoms with E-state index in [2.05, 4.69) is 0 Å². The molecule has 25 heavy (non-hydrogen) atoms. The van der Waals surface area contributed by atoms with Crippen LogP contribution in [0.2, 0.25) is 0 Å². The van der Waals surface area contributed by atoms with Crippen LogP contribution in [-0.2, 0) is 14.3 Å². The summed E-state index contributed by atoms with van der Waals surface area (Å²) in [5.74, 6) is -0.441. The zero-order valence-electron chi connectivity index (χ0n) is 14.1. The molecule has 1 N–H and O–H groups in total. The molecule has 0 aliphatic carbocycles. The summed E-state index contributed by atoms with van der Waals surface area (Å²) in [5.41, 5.74) is 0.459. The minimum absolute atomic E-state index is 0.0782. The van der Waals surface area contributed by atoms with Crippen molar-refractivity contribution in [2.24, 2.45) is 0 Å². The maximum atomic E-state index is 12.7. The highest BCUT2D eigenvalue weighted by atomic mass is 16.6. The van der Waals surface area contributed by atoms with Gasteiger partial charge in [-0.25, -0.2) is 9.69 Å². The number of nitrogens with zero attached hydrogens (tertiary/aromatic N) is 3. The van der Waals surface area contributed by atoms with Crippen LogP contribution in [0, 0.1) is 0 Å². The summed E-state index contributed by atoms with van der Waals surface area (Å²) in [6.07, 6.45) is -0.222. The molecule has 2 saturated heterocycles. The highest BCUT2D eigenvalue weighted by molar-refractivity contribution is 6.22. The summed E-state index contributed by atoms with van der Waals surface area (Å²) in [4.78, 5) is 41.5. The molecule has 1 aromatic carbocycles. The van der Waals surface area contributed by atoms with E-state index in [0.29, 0.717) is 38.5 Å². The van der Waals surface area contributed by atoms with E-state index in [1.807, 2.05) is 4.90 Å². The first kappa shape index (κ1) is 17.2. The number of benzene rings is 1. The van der Waals surface area contributed by atoms with Gasteiger partial charge in [-0.3, -0.25) is 14.5 Å². The molecule has 0 bridgehead atoms. The molecule has 3 rings (SSSR count). The lowest BCUT2D eigenvalue weighted by Gasteiger charge is -2.36. The zero-order valence-corrected chi connectivity index (χ0v) is 14.1. The van der Waals surface area contributed by atoms with Crippen molar-refractivity contribution in [2.75, 3.05) is 37.7 Å². The Kier molecular flexibility index (Phi) is 4.89. The summed E-state index contributed by atoms with van der Waals surface area (Å²) >= 11 is 0. The standard InChI is InChI=1S/C17H21N3O5/c1-2-25-17(24)19-9-7-18(8-10-19)14-11-15(22)20(16(14)23)12-3-5-13(21)6-4-12/h3-6,14,21H,2,7-11H2,1H3/t14-/m1/s1. The largest absolute Gasteiger partial charge is 0.508 e. The Labute approximate surface area is 145 Å². The molecule has 8 heteroatoms. The van der Waals surface area contributed by atoms with E-state index >= 15 is 0 Å². The molecule has 1 aromatic rings. The lowest BCUT2D eigenvalue weighted by atomic mass is 10.2. The number of imide groups is 1. The van der Waals surface area contributed by atoms with Crippen LogP contribution in [0.5, 0.6) is 5.75 Å². The highest BCUT2D eigenvalue weighted by Crippen LogP contribution is 2.27. The number of carbonyl (C=O) groups excluding carboxylic acids is 3. The summed E-state index contributed by atoms with van der Waals surface area (Å²) in [6.45, 7) is 4.06. The number of hydrogen-bond acceptors (Lipinski definition) is 6. The number of anilines is 1. The predicted molar refractivity (Wildman–Crippen MR) is 89.2 cm³/mol. The molecule has 134 valence electrons. The number of hydrogen-bond donors (Lipinski definition) is 1. The van der Waals surface area contributed by atoms with E-state index in [0.717, 1.165) is 0 Å². The fraction of sp³-hybridized carbons (Fsp3) is 0.471. The Bertz CT molecular complexity index is 667. The Morgan fingerprint density at radius 3 is 2.40 bits per heavy atom. The molecule has 2 aliphatic heterocycles. The van der Waals surface area contributed by atoms with Gasteiger partial charge in [-0.2, -0.15) is 0 Å². The van der Waals surface area contributed by atoms with Gasteiger partial charge in [-0.15, -0.1) is 0 Å². The van der Waals surface area contributed by atoms with Crippen molar-refractivity contribution in [3.05, 3.63) is 24.3 Å². The smallest absolute Gasteiger partial charge is 0.409 e. The minimum atomic E-state index is -0.509. The van der Waals surface area contributed by atoms with Crippen molar-refractivity contribution >= 4 is 23.6 Å². The molecule has 3 amide bonds. The lowest BCUT2D eigenvalue weighted by Crippen LogP contribution is -2.53. The molecule has 0 saturated carbocycles. The summed E-state index contributed by atoms with van der Waals surface area (Å²) in [5, 5.41) is 9.36. The fourth-order valence-corrected chi connectivity index (χ4v) is 3.21. The Hall–Kier alpha value is -2.61. The van der Waals surface area contributed by atoms with Crippen LogP contribution in [-0.4, -0.2) is 71.6 Å². The zero-order chi connectivity index (χ0) is 18.0. The number of carbonyl (C=O) groups is 3. The van der Waals surface area contributed by atoms with Gasteiger partial charge in [0.15, 0.2) is 0 Å². The number of rotatable bonds is 3. The van der Waals surface area contributed by atoms with Gasteiger partial charge in [0.05, 0.1) is 24.8 Å². The first-order valence-corrected chi connectivity index (χ1v) is 8.33. The molecule has 0 radical (unpaired) electrons. The number of amides is 3. The third-order valence-electron chi connectivity index (χ3n) is 4.51. The SMILES string of the molecule is CCOC(=O)N1CCN([C@@H]2CC(=O)N(c3ccc(O)cc3)C2=O)CC1. The van der Waals surface area contributed by atoms with Gasteiger partial charge in [0, 0.05) is 26.2 Å². The van der Waals surface area contributed by atoms with E-state index in [4.69, 9.17) is 4.74 Å². The van der Waals surface area contributed by atoms with E-state index in [9.17, 15) is 19.5 Å². The molecule has 2 aliphatic rings. The average molecular weight is 347 g/mol.